The van der Waals surface area contributed by atoms with Crippen LogP contribution in [0.2, 0.25) is 0 Å². The van der Waals surface area contributed by atoms with Gasteiger partial charge >= 0.3 is 0 Å². The van der Waals surface area contributed by atoms with Crippen LogP contribution in [0.1, 0.15) is 45.6 Å². The van der Waals surface area contributed by atoms with E-state index in [4.69, 9.17) is 0 Å². The standard InChI is InChI=1S/C18H29BrN2/c1-4-9-21(13-15-5-6-15)18-8-7-17(19)10-16(18)12-20-11-14(2)3/h7-8,10,14-15,20H,4-6,9,11-13H2,1-3H3. The summed E-state index contributed by atoms with van der Waals surface area (Å²) >= 11 is 3.62. The van der Waals surface area contributed by atoms with E-state index in [0.717, 1.165) is 25.6 Å². The summed E-state index contributed by atoms with van der Waals surface area (Å²) in [5.41, 5.74) is 2.84. The summed E-state index contributed by atoms with van der Waals surface area (Å²) in [4.78, 5) is 2.59. The Morgan fingerprint density at radius 2 is 2.10 bits per heavy atom. The van der Waals surface area contributed by atoms with E-state index in [1.54, 1.807) is 0 Å². The lowest BCUT2D eigenvalue weighted by Gasteiger charge is -2.27. The number of hydrogen-bond donors (Lipinski definition) is 1. The van der Waals surface area contributed by atoms with Gasteiger partial charge in [0, 0.05) is 29.8 Å². The van der Waals surface area contributed by atoms with Gasteiger partial charge in [0.1, 0.15) is 0 Å². The van der Waals surface area contributed by atoms with E-state index in [0.29, 0.717) is 5.92 Å². The van der Waals surface area contributed by atoms with Gasteiger partial charge in [-0.15, -0.1) is 0 Å². The van der Waals surface area contributed by atoms with Crippen molar-refractivity contribution in [2.45, 2.75) is 46.6 Å². The number of rotatable bonds is 9. The molecule has 0 atom stereocenters. The smallest absolute Gasteiger partial charge is 0.0412 e. The van der Waals surface area contributed by atoms with Crippen LogP contribution in [0.4, 0.5) is 5.69 Å². The molecule has 1 aliphatic rings. The highest BCUT2D eigenvalue weighted by Crippen LogP contribution is 2.33. The molecule has 1 aliphatic carbocycles. The van der Waals surface area contributed by atoms with Crippen molar-refractivity contribution in [3.8, 4) is 0 Å². The van der Waals surface area contributed by atoms with Gasteiger partial charge in [-0.05, 0) is 61.4 Å². The van der Waals surface area contributed by atoms with E-state index in [1.807, 2.05) is 0 Å². The summed E-state index contributed by atoms with van der Waals surface area (Å²) < 4.78 is 1.18. The van der Waals surface area contributed by atoms with Crippen molar-refractivity contribution < 1.29 is 0 Å². The molecule has 21 heavy (non-hydrogen) atoms. The fourth-order valence-corrected chi connectivity index (χ4v) is 3.10. The predicted molar refractivity (Wildman–Crippen MR) is 95.9 cm³/mol. The Balaban J connectivity index is 2.10. The van der Waals surface area contributed by atoms with Gasteiger partial charge < -0.3 is 10.2 Å². The molecule has 0 unspecified atom stereocenters. The summed E-state index contributed by atoms with van der Waals surface area (Å²) in [5, 5.41) is 3.59. The van der Waals surface area contributed by atoms with Crippen LogP contribution < -0.4 is 10.2 Å². The molecule has 2 nitrogen and oxygen atoms in total. The number of nitrogens with one attached hydrogen (secondary N) is 1. The van der Waals surface area contributed by atoms with E-state index in [2.05, 4.69) is 65.1 Å². The first-order valence-corrected chi connectivity index (χ1v) is 9.13. The lowest BCUT2D eigenvalue weighted by Crippen LogP contribution is -2.29. The van der Waals surface area contributed by atoms with Gasteiger partial charge in [0.15, 0.2) is 0 Å². The van der Waals surface area contributed by atoms with Gasteiger partial charge in [-0.25, -0.2) is 0 Å². The van der Waals surface area contributed by atoms with Crippen molar-refractivity contribution >= 4 is 21.6 Å². The SMILES string of the molecule is CCCN(CC1CC1)c1ccc(Br)cc1CNCC(C)C. The highest BCUT2D eigenvalue weighted by atomic mass is 79.9. The van der Waals surface area contributed by atoms with Crippen LogP contribution in [-0.4, -0.2) is 19.6 Å². The first-order valence-electron chi connectivity index (χ1n) is 8.34. The Morgan fingerprint density at radius 1 is 1.33 bits per heavy atom. The zero-order chi connectivity index (χ0) is 15.2. The monoisotopic (exact) mass is 352 g/mol. The molecule has 1 fully saturated rings. The second-order valence-corrected chi connectivity index (χ2v) is 7.60. The molecule has 1 N–H and O–H groups in total. The highest BCUT2D eigenvalue weighted by Gasteiger charge is 2.25. The number of anilines is 1. The van der Waals surface area contributed by atoms with Crippen molar-refractivity contribution in [3.63, 3.8) is 0 Å². The second-order valence-electron chi connectivity index (χ2n) is 6.69. The summed E-state index contributed by atoms with van der Waals surface area (Å²) in [6, 6.07) is 6.74. The molecule has 1 saturated carbocycles. The molecule has 0 radical (unpaired) electrons. The number of benzene rings is 1. The van der Waals surface area contributed by atoms with Crippen LogP contribution in [0.5, 0.6) is 0 Å². The maximum absolute atomic E-state index is 3.62. The van der Waals surface area contributed by atoms with Gasteiger partial charge in [0.2, 0.25) is 0 Å². The Kier molecular flexibility index (Phi) is 6.56. The fraction of sp³-hybridized carbons (Fsp3) is 0.667. The Bertz CT molecular complexity index is 441. The molecule has 0 aliphatic heterocycles. The zero-order valence-electron chi connectivity index (χ0n) is 13.7. The maximum Gasteiger partial charge on any atom is 0.0412 e. The number of halogens is 1. The Labute approximate surface area is 138 Å². The van der Waals surface area contributed by atoms with Crippen molar-refractivity contribution in [1.29, 1.82) is 0 Å². The minimum Gasteiger partial charge on any atom is -0.371 e. The molecule has 2 rings (SSSR count). The van der Waals surface area contributed by atoms with Crippen molar-refractivity contribution in [2.24, 2.45) is 11.8 Å². The molecule has 0 amide bonds. The third-order valence-corrected chi connectivity index (χ3v) is 4.41. The topological polar surface area (TPSA) is 15.3 Å². The number of hydrogen-bond acceptors (Lipinski definition) is 2. The molecule has 0 heterocycles. The predicted octanol–water partition coefficient (Wildman–Crippen LogP) is 4.82. The third-order valence-electron chi connectivity index (χ3n) is 3.92. The van der Waals surface area contributed by atoms with Gasteiger partial charge in [-0.3, -0.25) is 0 Å². The molecular weight excluding hydrogens is 324 g/mol. The van der Waals surface area contributed by atoms with E-state index >= 15 is 0 Å². The molecule has 0 aromatic heterocycles. The van der Waals surface area contributed by atoms with Crippen molar-refractivity contribution in [1.82, 2.24) is 5.32 Å². The van der Waals surface area contributed by atoms with Crippen LogP contribution in [0.15, 0.2) is 22.7 Å². The molecular formula is C18H29BrN2. The van der Waals surface area contributed by atoms with Crippen LogP contribution in [0.3, 0.4) is 0 Å². The summed E-state index contributed by atoms with van der Waals surface area (Å²) in [6.07, 6.45) is 4.04. The minimum absolute atomic E-state index is 0.693. The Morgan fingerprint density at radius 3 is 2.71 bits per heavy atom. The average Bonchev–Trinajstić information content (AvgIpc) is 3.22. The molecule has 3 heteroatoms. The van der Waals surface area contributed by atoms with Crippen LogP contribution >= 0.6 is 15.9 Å². The van der Waals surface area contributed by atoms with Gasteiger partial charge in [-0.2, -0.15) is 0 Å². The molecule has 1 aromatic rings. The molecule has 0 bridgehead atoms. The van der Waals surface area contributed by atoms with E-state index in [1.165, 1.54) is 41.5 Å². The summed E-state index contributed by atoms with van der Waals surface area (Å²) in [7, 11) is 0. The Hall–Kier alpha value is -0.540. The lowest BCUT2D eigenvalue weighted by atomic mass is 10.1. The fourth-order valence-electron chi connectivity index (χ4n) is 2.69. The molecule has 0 spiro atoms. The summed E-state index contributed by atoms with van der Waals surface area (Å²) in [5.74, 6) is 1.62. The van der Waals surface area contributed by atoms with Crippen LogP contribution in [0, 0.1) is 11.8 Å². The van der Waals surface area contributed by atoms with Gasteiger partial charge in [0.25, 0.3) is 0 Å². The zero-order valence-corrected chi connectivity index (χ0v) is 15.2. The normalized spacial score (nSPS) is 14.7. The van der Waals surface area contributed by atoms with E-state index in [9.17, 15) is 0 Å². The average molecular weight is 353 g/mol. The highest BCUT2D eigenvalue weighted by molar-refractivity contribution is 9.10. The molecule has 1 aromatic carbocycles. The number of nitrogens with zero attached hydrogens (tertiary/aromatic N) is 1. The largest absolute Gasteiger partial charge is 0.371 e. The van der Waals surface area contributed by atoms with Crippen molar-refractivity contribution in [3.05, 3.63) is 28.2 Å². The van der Waals surface area contributed by atoms with Crippen LogP contribution in [0.25, 0.3) is 0 Å². The van der Waals surface area contributed by atoms with E-state index in [-0.39, 0.29) is 0 Å². The minimum atomic E-state index is 0.693. The third kappa shape index (κ3) is 5.63. The van der Waals surface area contributed by atoms with Gasteiger partial charge in [-0.1, -0.05) is 36.7 Å². The quantitative estimate of drug-likeness (QED) is 0.685. The first kappa shape index (κ1) is 16.8. The van der Waals surface area contributed by atoms with Crippen molar-refractivity contribution in [2.75, 3.05) is 24.5 Å². The maximum atomic E-state index is 3.62. The lowest BCUT2D eigenvalue weighted by molar-refractivity contribution is 0.551. The summed E-state index contributed by atoms with van der Waals surface area (Å²) in [6.45, 7) is 11.2. The van der Waals surface area contributed by atoms with E-state index < -0.39 is 0 Å². The van der Waals surface area contributed by atoms with Gasteiger partial charge in [0.05, 0.1) is 0 Å². The second kappa shape index (κ2) is 8.19. The molecule has 118 valence electrons. The van der Waals surface area contributed by atoms with Crippen LogP contribution in [-0.2, 0) is 6.54 Å². The molecule has 0 saturated heterocycles. The first-order chi connectivity index (χ1) is 10.1.